The molecule has 2 N–H and O–H groups in total. The van der Waals surface area contributed by atoms with Crippen molar-refractivity contribution in [3.63, 3.8) is 0 Å². The molecule has 42 heavy (non-hydrogen) atoms. The molecular formula is C34H23F6NO. The molecule has 0 heterocycles. The average molecular weight is 576 g/mol. The number of benzene rings is 5. The molecule has 2 nitrogen and oxygen atoms in total. The molecule has 5 aromatic carbocycles. The van der Waals surface area contributed by atoms with Gasteiger partial charge in [0.25, 0.3) is 0 Å². The van der Waals surface area contributed by atoms with Crippen LogP contribution in [0.4, 0.5) is 32.0 Å². The molecule has 0 amide bonds. The summed E-state index contributed by atoms with van der Waals surface area (Å²) in [5.74, 6) is 0.954. The summed E-state index contributed by atoms with van der Waals surface area (Å²) >= 11 is 0. The van der Waals surface area contributed by atoms with E-state index in [2.05, 4.69) is 6.58 Å². The molecule has 0 aromatic heterocycles. The van der Waals surface area contributed by atoms with E-state index in [0.717, 1.165) is 39.9 Å². The third-order valence-electron chi connectivity index (χ3n) is 6.69. The highest BCUT2D eigenvalue weighted by atomic mass is 19.4. The van der Waals surface area contributed by atoms with Crippen LogP contribution in [0.25, 0.3) is 39.1 Å². The first-order valence-corrected chi connectivity index (χ1v) is 12.7. The number of nitrogen functional groups attached to an aromatic ring is 1. The molecule has 0 atom stereocenters. The summed E-state index contributed by atoms with van der Waals surface area (Å²) in [5.41, 5.74) is 8.00. The summed E-state index contributed by atoms with van der Waals surface area (Å²) in [6.45, 7) is 3.99. The number of hydrogen-bond acceptors (Lipinski definition) is 2. The van der Waals surface area contributed by atoms with E-state index in [0.29, 0.717) is 17.2 Å². The van der Waals surface area contributed by atoms with Crippen LogP contribution in [0.5, 0.6) is 5.75 Å². The summed E-state index contributed by atoms with van der Waals surface area (Å²) in [6.07, 6.45) is -9.82. The van der Waals surface area contributed by atoms with E-state index in [1.54, 1.807) is 24.3 Å². The zero-order valence-corrected chi connectivity index (χ0v) is 21.9. The molecule has 0 spiro atoms. The summed E-state index contributed by atoms with van der Waals surface area (Å²) in [7, 11) is 0. The standard InChI is InChI=1S/C34H23F6NO/c1-21(42-32-8-3-2-7-31(32)41)22-9-11-23(12-10-22)26-5-4-6-27(17-26)24-13-15-25(16-14-24)28-18-29(33(35,36)37)20-30(19-28)34(38,39)40/h2-20H,1,41H2. The second kappa shape index (κ2) is 11.1. The minimum absolute atomic E-state index is 0.123. The fraction of sp³-hybridized carbons (Fsp3) is 0.0588. The molecule has 0 aliphatic carbocycles. The number of anilines is 1. The molecular weight excluding hydrogens is 552 g/mol. The number of hydrogen-bond donors (Lipinski definition) is 1. The lowest BCUT2D eigenvalue weighted by Crippen LogP contribution is -2.11. The Morgan fingerprint density at radius 1 is 0.524 bits per heavy atom. The number of halogens is 6. The van der Waals surface area contributed by atoms with Gasteiger partial charge in [0.2, 0.25) is 0 Å². The van der Waals surface area contributed by atoms with Crippen molar-refractivity contribution in [2.24, 2.45) is 0 Å². The Bertz CT molecular complexity index is 1700. The predicted molar refractivity (Wildman–Crippen MR) is 153 cm³/mol. The molecule has 212 valence electrons. The molecule has 0 bridgehead atoms. The van der Waals surface area contributed by atoms with Crippen molar-refractivity contribution in [1.82, 2.24) is 0 Å². The molecule has 0 saturated carbocycles. The van der Waals surface area contributed by atoms with Gasteiger partial charge in [-0.05, 0) is 69.8 Å². The highest BCUT2D eigenvalue weighted by Gasteiger charge is 2.37. The molecule has 0 saturated heterocycles. The van der Waals surface area contributed by atoms with Crippen LogP contribution < -0.4 is 10.5 Å². The van der Waals surface area contributed by atoms with E-state index < -0.39 is 23.5 Å². The van der Waals surface area contributed by atoms with E-state index in [1.807, 2.05) is 60.7 Å². The largest absolute Gasteiger partial charge is 0.455 e. The van der Waals surface area contributed by atoms with Gasteiger partial charge in [-0.2, -0.15) is 26.3 Å². The molecule has 0 fully saturated rings. The molecule has 0 unspecified atom stereocenters. The van der Waals surface area contributed by atoms with Gasteiger partial charge < -0.3 is 10.5 Å². The van der Waals surface area contributed by atoms with Crippen molar-refractivity contribution in [2.75, 3.05) is 5.73 Å². The third-order valence-corrected chi connectivity index (χ3v) is 6.69. The number of ether oxygens (including phenoxy) is 1. The van der Waals surface area contributed by atoms with Crippen LogP contribution in [0.15, 0.2) is 122 Å². The average Bonchev–Trinajstić information content (AvgIpc) is 2.97. The smallest absolute Gasteiger partial charge is 0.416 e. The first-order valence-electron chi connectivity index (χ1n) is 12.7. The van der Waals surface area contributed by atoms with Gasteiger partial charge in [-0.25, -0.2) is 0 Å². The Balaban J connectivity index is 1.37. The van der Waals surface area contributed by atoms with Crippen LogP contribution in [0.2, 0.25) is 0 Å². The number of nitrogens with two attached hydrogens (primary N) is 1. The van der Waals surface area contributed by atoms with Crippen molar-refractivity contribution in [3.05, 3.63) is 139 Å². The zero-order valence-electron chi connectivity index (χ0n) is 21.9. The van der Waals surface area contributed by atoms with Gasteiger partial charge in [-0.3, -0.25) is 0 Å². The zero-order chi connectivity index (χ0) is 30.1. The van der Waals surface area contributed by atoms with Crippen molar-refractivity contribution < 1.29 is 31.1 Å². The maximum atomic E-state index is 13.3. The van der Waals surface area contributed by atoms with Crippen molar-refractivity contribution >= 4 is 11.4 Å². The first-order chi connectivity index (χ1) is 19.9. The lowest BCUT2D eigenvalue weighted by atomic mass is 9.95. The maximum absolute atomic E-state index is 13.3. The second-order valence-corrected chi connectivity index (χ2v) is 9.59. The molecule has 0 aliphatic heterocycles. The highest BCUT2D eigenvalue weighted by Crippen LogP contribution is 2.39. The minimum Gasteiger partial charge on any atom is -0.455 e. The summed E-state index contributed by atoms with van der Waals surface area (Å²) in [5, 5.41) is 0. The SMILES string of the molecule is C=C(Oc1ccccc1N)c1ccc(-c2cccc(-c3ccc(-c4cc(C(F)(F)F)cc(C(F)(F)F)c4)cc3)c2)cc1. The van der Waals surface area contributed by atoms with Crippen LogP contribution in [0.1, 0.15) is 16.7 Å². The van der Waals surface area contributed by atoms with Crippen LogP contribution in [0, 0.1) is 0 Å². The number of rotatable bonds is 6. The molecule has 8 heteroatoms. The lowest BCUT2D eigenvalue weighted by molar-refractivity contribution is -0.143. The molecule has 5 aromatic rings. The molecule has 0 aliphatic rings. The molecule has 0 radical (unpaired) electrons. The fourth-order valence-corrected chi connectivity index (χ4v) is 4.47. The van der Waals surface area contributed by atoms with Gasteiger partial charge in [0, 0.05) is 5.56 Å². The fourth-order valence-electron chi connectivity index (χ4n) is 4.47. The Kier molecular flexibility index (Phi) is 7.56. The Hall–Kier alpha value is -4.98. The lowest BCUT2D eigenvalue weighted by Gasteiger charge is -2.15. The van der Waals surface area contributed by atoms with E-state index >= 15 is 0 Å². The highest BCUT2D eigenvalue weighted by molar-refractivity contribution is 5.76. The van der Waals surface area contributed by atoms with Crippen molar-refractivity contribution in [1.29, 1.82) is 0 Å². The maximum Gasteiger partial charge on any atom is 0.416 e. The van der Waals surface area contributed by atoms with Gasteiger partial charge in [0.15, 0.2) is 0 Å². The van der Waals surface area contributed by atoms with Gasteiger partial charge in [0.05, 0.1) is 16.8 Å². The summed E-state index contributed by atoms with van der Waals surface area (Å²) in [4.78, 5) is 0. The quantitative estimate of drug-likeness (QED) is 0.124. The molecule has 5 rings (SSSR count). The van der Waals surface area contributed by atoms with E-state index in [4.69, 9.17) is 10.5 Å². The normalized spacial score (nSPS) is 11.8. The predicted octanol–water partition coefficient (Wildman–Crippen LogP) is 10.4. The Morgan fingerprint density at radius 2 is 1.00 bits per heavy atom. The van der Waals surface area contributed by atoms with E-state index in [1.165, 1.54) is 12.1 Å². The van der Waals surface area contributed by atoms with Crippen LogP contribution in [-0.2, 0) is 12.4 Å². The van der Waals surface area contributed by atoms with Gasteiger partial charge >= 0.3 is 12.4 Å². The number of alkyl halides is 6. The van der Waals surface area contributed by atoms with Gasteiger partial charge in [-0.15, -0.1) is 0 Å². The van der Waals surface area contributed by atoms with Crippen LogP contribution >= 0.6 is 0 Å². The van der Waals surface area contributed by atoms with E-state index in [-0.39, 0.29) is 17.2 Å². The van der Waals surface area contributed by atoms with Crippen LogP contribution in [-0.4, -0.2) is 0 Å². The minimum atomic E-state index is -4.91. The third kappa shape index (κ3) is 6.33. The van der Waals surface area contributed by atoms with Crippen molar-refractivity contribution in [2.45, 2.75) is 12.4 Å². The summed E-state index contributed by atoms with van der Waals surface area (Å²) in [6, 6.07) is 30.3. The monoisotopic (exact) mass is 575 g/mol. The Labute approximate surface area is 238 Å². The van der Waals surface area contributed by atoms with E-state index in [9.17, 15) is 26.3 Å². The van der Waals surface area contributed by atoms with Gasteiger partial charge in [-0.1, -0.05) is 85.4 Å². The van der Waals surface area contributed by atoms with Crippen molar-refractivity contribution in [3.8, 4) is 39.1 Å². The first kappa shape index (κ1) is 28.5. The topological polar surface area (TPSA) is 35.2 Å². The number of para-hydroxylation sites is 2. The summed E-state index contributed by atoms with van der Waals surface area (Å²) < 4.78 is 85.6. The van der Waals surface area contributed by atoms with Gasteiger partial charge in [0.1, 0.15) is 11.5 Å². The Morgan fingerprint density at radius 3 is 1.50 bits per heavy atom. The van der Waals surface area contributed by atoms with Crippen LogP contribution in [0.3, 0.4) is 0 Å². The second-order valence-electron chi connectivity index (χ2n) is 9.59.